The van der Waals surface area contributed by atoms with Crippen molar-refractivity contribution in [3.63, 3.8) is 0 Å². The molecule has 1 atom stereocenters. The molecule has 0 saturated heterocycles. The normalized spacial score (nSPS) is 15.4. The monoisotopic (exact) mass is 746 g/mol. The number of allylic oxidation sites excluding steroid dienone is 3. The molecule has 2 aliphatic rings. The number of carbonyl (C=O) groups excluding carboxylic acids is 1. The first-order valence-corrected chi connectivity index (χ1v) is 18.6. The number of ether oxygens (including phenoxy) is 2. The lowest BCUT2D eigenvalue weighted by atomic mass is 9.94. The molecule has 2 aliphatic heterocycles. The van der Waals surface area contributed by atoms with Gasteiger partial charge in [-0.15, -0.1) is 11.3 Å². The fraction of sp³-hybridized carbons (Fsp3) is 0.350. The molecule has 282 valence electrons. The summed E-state index contributed by atoms with van der Waals surface area (Å²) in [6, 6.07) is 10.2. The molecule has 1 amide bonds. The number of aromatic nitrogens is 5. The van der Waals surface area contributed by atoms with Crippen molar-refractivity contribution in [3.05, 3.63) is 107 Å². The molecule has 0 saturated carbocycles. The number of hydrogen-bond donors (Lipinski definition) is 1. The molecule has 53 heavy (non-hydrogen) atoms. The minimum absolute atomic E-state index is 0.0223. The quantitative estimate of drug-likeness (QED) is 0.132. The number of aryl methyl sites for hydroxylation is 1. The minimum atomic E-state index is -0.762. The first-order valence-electron chi connectivity index (χ1n) is 17.7. The van der Waals surface area contributed by atoms with E-state index < -0.39 is 5.83 Å². The third-order valence-electron chi connectivity index (χ3n) is 8.38. The molecule has 7 rings (SSSR count). The Hall–Kier alpha value is -4.98. The number of fused-ring (bicyclic) bond motifs is 5. The predicted octanol–water partition coefficient (Wildman–Crippen LogP) is 8.48. The number of pyridine rings is 1. The second-order valence-electron chi connectivity index (χ2n) is 11.5. The summed E-state index contributed by atoms with van der Waals surface area (Å²) in [6.45, 7) is 12.1. The van der Waals surface area contributed by atoms with Gasteiger partial charge in [0.15, 0.2) is 0 Å². The van der Waals surface area contributed by atoms with Crippen LogP contribution in [-0.4, -0.2) is 73.9 Å². The van der Waals surface area contributed by atoms with Crippen LogP contribution in [-0.2, 0) is 34.4 Å². The summed E-state index contributed by atoms with van der Waals surface area (Å²) in [5.41, 5.74) is 6.07. The third kappa shape index (κ3) is 9.53. The van der Waals surface area contributed by atoms with E-state index in [0.29, 0.717) is 26.2 Å². The van der Waals surface area contributed by atoms with Crippen molar-refractivity contribution >= 4 is 44.3 Å². The molecule has 1 aromatic carbocycles. The summed E-state index contributed by atoms with van der Waals surface area (Å²) in [7, 11) is 3.52. The van der Waals surface area contributed by atoms with Crippen LogP contribution in [0.25, 0.3) is 38.3 Å². The first-order chi connectivity index (χ1) is 25.8. The fourth-order valence-corrected chi connectivity index (χ4v) is 6.88. The Morgan fingerprint density at radius 1 is 1.15 bits per heavy atom. The predicted molar refractivity (Wildman–Crippen MR) is 209 cm³/mol. The maximum absolute atomic E-state index is 14.4. The molecule has 13 heteroatoms. The van der Waals surface area contributed by atoms with Crippen LogP contribution in [0.5, 0.6) is 0 Å². The fourth-order valence-electron chi connectivity index (χ4n) is 5.96. The number of halogens is 2. The molecule has 0 aliphatic carbocycles. The van der Waals surface area contributed by atoms with Crippen molar-refractivity contribution in [2.45, 2.75) is 53.6 Å². The van der Waals surface area contributed by atoms with Crippen molar-refractivity contribution < 1.29 is 28.2 Å². The topological polar surface area (TPSA) is 108 Å². The lowest BCUT2D eigenvalue weighted by Gasteiger charge is -2.26. The summed E-state index contributed by atoms with van der Waals surface area (Å²) < 4.78 is 42.6. The van der Waals surface area contributed by atoms with Crippen molar-refractivity contribution in [3.8, 4) is 11.3 Å². The van der Waals surface area contributed by atoms with E-state index >= 15 is 0 Å². The van der Waals surface area contributed by atoms with Gasteiger partial charge in [-0.1, -0.05) is 45.9 Å². The van der Waals surface area contributed by atoms with Crippen molar-refractivity contribution in [2.24, 2.45) is 7.05 Å². The minimum Gasteiger partial charge on any atom is -0.492 e. The van der Waals surface area contributed by atoms with Crippen LogP contribution in [0.15, 0.2) is 84.1 Å². The van der Waals surface area contributed by atoms with Gasteiger partial charge in [0.1, 0.15) is 18.2 Å². The summed E-state index contributed by atoms with van der Waals surface area (Å²) in [4.78, 5) is 19.1. The van der Waals surface area contributed by atoms with E-state index in [1.165, 1.54) is 6.08 Å². The highest BCUT2D eigenvalue weighted by Gasteiger charge is 2.31. The second-order valence-corrected chi connectivity index (χ2v) is 12.4. The van der Waals surface area contributed by atoms with Gasteiger partial charge in [0, 0.05) is 66.4 Å². The molecule has 0 bridgehead atoms. The van der Waals surface area contributed by atoms with Crippen LogP contribution in [0.2, 0.25) is 0 Å². The van der Waals surface area contributed by atoms with Crippen LogP contribution in [0.3, 0.4) is 0 Å². The summed E-state index contributed by atoms with van der Waals surface area (Å²) in [5, 5.41) is 21.4. The van der Waals surface area contributed by atoms with Gasteiger partial charge in [0.05, 0.1) is 73.0 Å². The van der Waals surface area contributed by atoms with Gasteiger partial charge in [0.25, 0.3) is 0 Å². The van der Waals surface area contributed by atoms with E-state index in [2.05, 4.69) is 15.9 Å². The van der Waals surface area contributed by atoms with Crippen LogP contribution in [0.4, 0.5) is 8.78 Å². The van der Waals surface area contributed by atoms with Crippen LogP contribution in [0, 0.1) is 0 Å². The van der Waals surface area contributed by atoms with E-state index in [4.69, 9.17) is 19.9 Å². The maximum Gasteiger partial charge on any atom is 0.219 e. The summed E-state index contributed by atoms with van der Waals surface area (Å²) >= 11 is 1.57. The molecule has 5 aromatic rings. The lowest BCUT2D eigenvalue weighted by molar-refractivity contribution is -0.130. The zero-order valence-electron chi connectivity index (χ0n) is 31.3. The number of aliphatic hydroxyl groups excluding tert-OH is 1. The van der Waals surface area contributed by atoms with Crippen molar-refractivity contribution in [1.82, 2.24) is 29.4 Å². The lowest BCUT2D eigenvalue weighted by Crippen LogP contribution is -2.36. The molecule has 0 fully saturated rings. The highest BCUT2D eigenvalue weighted by atomic mass is 32.1. The molecule has 4 aromatic heterocycles. The van der Waals surface area contributed by atoms with E-state index in [0.717, 1.165) is 61.0 Å². The molecule has 0 radical (unpaired) electrons. The highest BCUT2D eigenvalue weighted by Crippen LogP contribution is 2.42. The number of rotatable bonds is 7. The highest BCUT2D eigenvalue weighted by molar-refractivity contribution is 7.17. The molecule has 10 nitrogen and oxygen atoms in total. The number of carbonyl (C=O) groups is 1. The van der Waals surface area contributed by atoms with Crippen LogP contribution in [0.1, 0.15) is 63.2 Å². The Morgan fingerprint density at radius 3 is 2.66 bits per heavy atom. The number of nitrogens with zero attached hydrogens (tertiary/aromatic N) is 6. The van der Waals surface area contributed by atoms with Crippen molar-refractivity contribution in [1.29, 1.82) is 0 Å². The second kappa shape index (κ2) is 19.7. The Bertz CT molecular complexity index is 2110. The number of methoxy groups -OCH3 is 1. The number of amides is 1. The van der Waals surface area contributed by atoms with Crippen molar-refractivity contribution in [2.75, 3.05) is 33.5 Å². The standard InChI is InChI=1S/C31H26F2N6O2S.C5H10O2.2C2H6/c1-18(40)38-8-9-39-22(16-38)13-27(36-39)26-17-41-23(12-21(33)5-7-32)14-25-30(26)35-29(24-6-10-42-31(24)25)19-3-4-28-20(11-19)15-34-37(28)2;1-7-5-3-2-4-6;2*1-2/h3-7,10-15,26H,8-9,16-17H2,1-2H3;2-3,6H,4-5H2,1H3;2*1-2H3/b7-5+,21-12+;3-2+;;. The van der Waals surface area contributed by atoms with E-state index in [1.54, 1.807) is 48.5 Å². The van der Waals surface area contributed by atoms with E-state index in [-0.39, 0.29) is 37.1 Å². The zero-order valence-corrected chi connectivity index (χ0v) is 32.2. The van der Waals surface area contributed by atoms with Gasteiger partial charge in [-0.25, -0.2) is 8.78 Å². The largest absolute Gasteiger partial charge is 0.492 e. The molecule has 6 heterocycles. The van der Waals surface area contributed by atoms with Crippen LogP contribution >= 0.6 is 11.3 Å². The molecule has 0 spiro atoms. The average Bonchev–Trinajstić information content (AvgIpc) is 3.90. The number of thiophene rings is 1. The van der Waals surface area contributed by atoms with Gasteiger partial charge in [-0.3, -0.25) is 19.1 Å². The van der Waals surface area contributed by atoms with Gasteiger partial charge in [0.2, 0.25) is 5.91 Å². The van der Waals surface area contributed by atoms with Gasteiger partial charge in [-0.2, -0.15) is 10.2 Å². The SMILES string of the molecule is CC.CC.CC(=O)N1CCn2nc(C3COC(/C=C(F)\C=C\F)=Cc4c3nc(-c3ccc5c(cnn5C)c3)c3ccsc43)cc2C1.COC/C=C/CO. The van der Waals surface area contributed by atoms with E-state index in [9.17, 15) is 13.6 Å². The number of hydrogen-bond acceptors (Lipinski definition) is 8. The average molecular weight is 747 g/mol. The Morgan fingerprint density at radius 2 is 1.94 bits per heavy atom. The number of benzene rings is 1. The molecule has 1 N–H and O–H groups in total. The van der Waals surface area contributed by atoms with Crippen LogP contribution < -0.4 is 0 Å². The smallest absolute Gasteiger partial charge is 0.219 e. The summed E-state index contributed by atoms with van der Waals surface area (Å²) in [6.07, 6.45) is 9.09. The molecule has 1 unspecified atom stereocenters. The van der Waals surface area contributed by atoms with Gasteiger partial charge >= 0.3 is 0 Å². The first kappa shape index (κ1) is 40.8. The van der Waals surface area contributed by atoms with Gasteiger partial charge < -0.3 is 19.5 Å². The zero-order chi connectivity index (χ0) is 38.5. The third-order valence-corrected chi connectivity index (χ3v) is 9.33. The molecular weight excluding hydrogens is 699 g/mol. The molecular formula is C40H48F2N6O4S. The Kier molecular flexibility index (Phi) is 15.2. The van der Waals surface area contributed by atoms with Gasteiger partial charge in [-0.05, 0) is 35.7 Å². The Balaban J connectivity index is 0.000000508. The maximum atomic E-state index is 14.4. The summed E-state index contributed by atoms with van der Waals surface area (Å²) in [5.74, 6) is -0.850. The number of aliphatic hydroxyl groups is 1. The Labute approximate surface area is 313 Å². The van der Waals surface area contributed by atoms with E-state index in [1.807, 2.05) is 79.9 Å².